The van der Waals surface area contributed by atoms with Gasteiger partial charge in [-0.1, -0.05) is 0 Å². The van der Waals surface area contributed by atoms with Crippen LogP contribution in [0, 0.1) is 0 Å². The maximum atomic E-state index is 5.39. The van der Waals surface area contributed by atoms with Crippen LogP contribution in [0.25, 0.3) is 0 Å². The molecule has 0 aromatic carbocycles. The van der Waals surface area contributed by atoms with Crippen LogP contribution in [-0.2, 0) is 4.74 Å². The Balaban J connectivity index is 1.39. The van der Waals surface area contributed by atoms with Crippen molar-refractivity contribution >= 4 is 17.6 Å². The summed E-state index contributed by atoms with van der Waals surface area (Å²) < 4.78 is 15.9. The van der Waals surface area contributed by atoms with Gasteiger partial charge in [0.25, 0.3) is 0 Å². The lowest BCUT2D eigenvalue weighted by atomic mass is 10.3. The Labute approximate surface area is 164 Å². The van der Waals surface area contributed by atoms with Gasteiger partial charge in [0.15, 0.2) is 11.6 Å². The fourth-order valence-corrected chi connectivity index (χ4v) is 3.33. The molecular formula is C18H25N7O3. The van der Waals surface area contributed by atoms with Crippen LogP contribution in [0.4, 0.5) is 17.6 Å². The van der Waals surface area contributed by atoms with Crippen molar-refractivity contribution in [3.8, 4) is 11.8 Å². The summed E-state index contributed by atoms with van der Waals surface area (Å²) in [4.78, 5) is 15.4. The van der Waals surface area contributed by atoms with E-state index < -0.39 is 0 Å². The maximum absolute atomic E-state index is 5.39. The fourth-order valence-electron chi connectivity index (χ4n) is 3.33. The number of aromatic nitrogens is 4. The van der Waals surface area contributed by atoms with E-state index in [9.17, 15) is 0 Å². The molecule has 2 fully saturated rings. The minimum absolute atomic E-state index is 0.494. The van der Waals surface area contributed by atoms with E-state index in [4.69, 9.17) is 14.2 Å². The molecule has 0 spiro atoms. The summed E-state index contributed by atoms with van der Waals surface area (Å²) in [5.74, 6) is 3.40. The third-order valence-corrected chi connectivity index (χ3v) is 4.94. The van der Waals surface area contributed by atoms with Crippen molar-refractivity contribution in [1.82, 2.24) is 20.2 Å². The minimum Gasteiger partial charge on any atom is -0.481 e. The van der Waals surface area contributed by atoms with E-state index in [1.807, 2.05) is 12.1 Å². The number of hydrogen-bond acceptors (Lipinski definition) is 10. The number of nitrogens with zero attached hydrogens (tertiary/aromatic N) is 7. The summed E-state index contributed by atoms with van der Waals surface area (Å²) >= 11 is 0. The maximum Gasteiger partial charge on any atom is 0.232 e. The molecule has 4 rings (SSSR count). The summed E-state index contributed by atoms with van der Waals surface area (Å²) in [5.41, 5.74) is 0. The first-order valence-electron chi connectivity index (χ1n) is 9.40. The predicted molar refractivity (Wildman–Crippen MR) is 105 cm³/mol. The molecule has 0 radical (unpaired) electrons. The van der Waals surface area contributed by atoms with Crippen LogP contribution in [0.1, 0.15) is 0 Å². The van der Waals surface area contributed by atoms with Crippen molar-refractivity contribution in [1.29, 1.82) is 0 Å². The monoisotopic (exact) mass is 387 g/mol. The molecule has 0 saturated carbocycles. The minimum atomic E-state index is 0.494. The Bertz CT molecular complexity index is 753. The van der Waals surface area contributed by atoms with Crippen LogP contribution in [0.2, 0.25) is 0 Å². The zero-order valence-corrected chi connectivity index (χ0v) is 16.2. The first-order chi connectivity index (χ1) is 13.8. The molecule has 2 aliphatic rings. The number of morpholine rings is 1. The lowest BCUT2D eigenvalue weighted by molar-refractivity contribution is 0.122. The highest BCUT2D eigenvalue weighted by Crippen LogP contribution is 2.22. The number of methoxy groups -OCH3 is 2. The normalized spacial score (nSPS) is 17.6. The van der Waals surface area contributed by atoms with Gasteiger partial charge in [-0.25, -0.2) is 0 Å². The molecule has 10 nitrogen and oxygen atoms in total. The van der Waals surface area contributed by atoms with Crippen molar-refractivity contribution in [2.45, 2.75) is 0 Å². The third kappa shape index (κ3) is 4.01. The Hall–Kier alpha value is -2.88. The second-order valence-corrected chi connectivity index (χ2v) is 6.58. The molecule has 150 valence electrons. The Morgan fingerprint density at radius 2 is 1.25 bits per heavy atom. The zero-order chi connectivity index (χ0) is 19.3. The van der Waals surface area contributed by atoms with Crippen LogP contribution in [0.3, 0.4) is 0 Å². The van der Waals surface area contributed by atoms with E-state index in [2.05, 4.69) is 34.9 Å². The van der Waals surface area contributed by atoms with Gasteiger partial charge in [-0.05, 0) is 12.1 Å². The summed E-state index contributed by atoms with van der Waals surface area (Å²) in [6.45, 7) is 6.38. The van der Waals surface area contributed by atoms with E-state index in [1.54, 1.807) is 20.3 Å². The predicted octanol–water partition coefficient (Wildman–Crippen LogP) is 0.447. The summed E-state index contributed by atoms with van der Waals surface area (Å²) in [6.07, 6.45) is 0. The molecule has 0 N–H and O–H groups in total. The van der Waals surface area contributed by atoms with Crippen LogP contribution in [0.15, 0.2) is 18.2 Å². The van der Waals surface area contributed by atoms with Gasteiger partial charge < -0.3 is 28.9 Å². The molecule has 2 saturated heterocycles. The highest BCUT2D eigenvalue weighted by molar-refractivity contribution is 5.47. The van der Waals surface area contributed by atoms with Crippen LogP contribution in [0.5, 0.6) is 11.8 Å². The van der Waals surface area contributed by atoms with Gasteiger partial charge in [0.1, 0.15) is 0 Å². The number of anilines is 3. The standard InChI is InChI=1S/C18H25N7O3/c1-26-16-13-17(27-2)20-18(19-16)25-7-5-23(6-8-25)14-3-4-15(22-21-14)24-9-11-28-12-10-24/h3-4,13H,5-12H2,1-2H3. The molecule has 0 aliphatic carbocycles. The van der Waals surface area contributed by atoms with Crippen molar-refractivity contribution < 1.29 is 14.2 Å². The average Bonchev–Trinajstić information content (AvgIpc) is 2.79. The van der Waals surface area contributed by atoms with Gasteiger partial charge in [0, 0.05) is 39.3 Å². The lowest BCUT2D eigenvalue weighted by Crippen LogP contribution is -2.47. The van der Waals surface area contributed by atoms with Gasteiger partial charge >= 0.3 is 0 Å². The SMILES string of the molecule is COc1cc(OC)nc(N2CCN(c3ccc(N4CCOCC4)nn3)CC2)n1. The van der Waals surface area contributed by atoms with Gasteiger partial charge in [0.05, 0.1) is 33.5 Å². The van der Waals surface area contributed by atoms with Crippen molar-refractivity contribution in [3.63, 3.8) is 0 Å². The van der Waals surface area contributed by atoms with Crippen molar-refractivity contribution in [2.75, 3.05) is 81.4 Å². The topological polar surface area (TPSA) is 89.0 Å². The molecule has 0 atom stereocenters. The first kappa shape index (κ1) is 18.5. The Kier molecular flexibility index (Phi) is 5.56. The molecule has 28 heavy (non-hydrogen) atoms. The fraction of sp³-hybridized carbons (Fsp3) is 0.556. The first-order valence-corrected chi connectivity index (χ1v) is 9.40. The summed E-state index contributed by atoms with van der Waals surface area (Å²) in [6, 6.07) is 5.75. The number of rotatable bonds is 5. The van der Waals surface area contributed by atoms with Crippen molar-refractivity contribution in [3.05, 3.63) is 18.2 Å². The van der Waals surface area contributed by atoms with E-state index in [0.717, 1.165) is 64.1 Å². The smallest absolute Gasteiger partial charge is 0.232 e. The van der Waals surface area contributed by atoms with Crippen LogP contribution in [-0.4, -0.2) is 86.9 Å². The van der Waals surface area contributed by atoms with E-state index in [1.165, 1.54) is 0 Å². The third-order valence-electron chi connectivity index (χ3n) is 4.94. The molecular weight excluding hydrogens is 362 g/mol. The molecule has 0 unspecified atom stereocenters. The molecule has 0 bridgehead atoms. The van der Waals surface area contributed by atoms with Crippen molar-refractivity contribution in [2.24, 2.45) is 0 Å². The molecule has 0 amide bonds. The zero-order valence-electron chi connectivity index (χ0n) is 16.2. The van der Waals surface area contributed by atoms with E-state index in [0.29, 0.717) is 17.7 Å². The van der Waals surface area contributed by atoms with Gasteiger partial charge in [0.2, 0.25) is 17.7 Å². The number of ether oxygens (including phenoxy) is 3. The highest BCUT2D eigenvalue weighted by atomic mass is 16.5. The summed E-state index contributed by atoms with van der Waals surface area (Å²) in [5, 5.41) is 8.84. The number of hydrogen-bond donors (Lipinski definition) is 0. The van der Waals surface area contributed by atoms with Gasteiger partial charge in [-0.2, -0.15) is 9.97 Å². The van der Waals surface area contributed by atoms with E-state index >= 15 is 0 Å². The molecule has 2 aliphatic heterocycles. The number of piperazine rings is 1. The lowest BCUT2D eigenvalue weighted by Gasteiger charge is -2.35. The molecule has 4 heterocycles. The quantitative estimate of drug-likeness (QED) is 0.720. The van der Waals surface area contributed by atoms with Gasteiger partial charge in [-0.3, -0.25) is 0 Å². The highest BCUT2D eigenvalue weighted by Gasteiger charge is 2.22. The average molecular weight is 387 g/mol. The second kappa shape index (κ2) is 8.42. The Morgan fingerprint density at radius 3 is 1.75 bits per heavy atom. The largest absolute Gasteiger partial charge is 0.481 e. The Morgan fingerprint density at radius 1 is 0.750 bits per heavy atom. The van der Waals surface area contributed by atoms with Crippen LogP contribution >= 0.6 is 0 Å². The second-order valence-electron chi connectivity index (χ2n) is 6.58. The summed E-state index contributed by atoms with van der Waals surface area (Å²) in [7, 11) is 3.17. The van der Waals surface area contributed by atoms with E-state index in [-0.39, 0.29) is 0 Å². The molecule has 2 aromatic heterocycles. The van der Waals surface area contributed by atoms with Gasteiger partial charge in [-0.15, -0.1) is 10.2 Å². The van der Waals surface area contributed by atoms with Crippen LogP contribution < -0.4 is 24.2 Å². The molecule has 2 aromatic rings. The molecule has 10 heteroatoms.